The molecule has 1 fully saturated rings. The van der Waals surface area contributed by atoms with Gasteiger partial charge in [0.1, 0.15) is 0 Å². The van der Waals surface area contributed by atoms with Gasteiger partial charge >= 0.3 is 0 Å². The lowest BCUT2D eigenvalue weighted by Gasteiger charge is -2.25. The van der Waals surface area contributed by atoms with Crippen molar-refractivity contribution >= 4 is 51.4 Å². The van der Waals surface area contributed by atoms with Crippen LogP contribution in [0, 0.1) is 0 Å². The number of aromatic hydroxyl groups is 1. The SMILES string of the molecule is O=C(c1cc(Cl)c(O)c(Cl)c1)N(c1ccccc1)c1cccc2ncn(C3(c4ccccc4)CC3)c(=O)c12. The summed E-state index contributed by atoms with van der Waals surface area (Å²) in [7, 11) is 0. The molecule has 0 bridgehead atoms. The number of fused-ring (bicyclic) bond motifs is 1. The highest BCUT2D eigenvalue weighted by atomic mass is 35.5. The number of phenols is 1. The van der Waals surface area contributed by atoms with Crippen LogP contribution in [0.3, 0.4) is 0 Å². The Balaban J connectivity index is 1.58. The molecular formula is C30H21Cl2N3O3. The molecule has 1 aliphatic rings. The predicted octanol–water partition coefficient (Wildman–Crippen LogP) is 6.92. The molecule has 38 heavy (non-hydrogen) atoms. The molecule has 1 heterocycles. The Morgan fingerprint density at radius 2 is 1.53 bits per heavy atom. The Morgan fingerprint density at radius 1 is 0.895 bits per heavy atom. The smallest absolute Gasteiger partial charge is 0.264 e. The summed E-state index contributed by atoms with van der Waals surface area (Å²) in [6.45, 7) is 0. The number of phenolic OH excluding ortho intramolecular Hbond substituents is 1. The van der Waals surface area contributed by atoms with Crippen molar-refractivity contribution in [3.05, 3.63) is 129 Å². The molecule has 1 saturated carbocycles. The zero-order chi connectivity index (χ0) is 26.4. The van der Waals surface area contributed by atoms with Crippen molar-refractivity contribution < 1.29 is 9.90 Å². The van der Waals surface area contributed by atoms with E-state index in [1.165, 1.54) is 17.0 Å². The zero-order valence-corrected chi connectivity index (χ0v) is 21.5. The normalized spacial score (nSPS) is 13.8. The topological polar surface area (TPSA) is 75.4 Å². The third-order valence-electron chi connectivity index (χ3n) is 6.98. The average Bonchev–Trinajstić information content (AvgIpc) is 3.75. The van der Waals surface area contributed by atoms with Gasteiger partial charge in [0.2, 0.25) is 0 Å². The van der Waals surface area contributed by atoms with Crippen molar-refractivity contribution in [2.45, 2.75) is 18.4 Å². The highest BCUT2D eigenvalue weighted by molar-refractivity contribution is 6.38. The summed E-state index contributed by atoms with van der Waals surface area (Å²) in [6.07, 6.45) is 3.23. The van der Waals surface area contributed by atoms with Gasteiger partial charge in [-0.1, -0.05) is 77.8 Å². The number of rotatable bonds is 5. The van der Waals surface area contributed by atoms with Crippen LogP contribution in [0.25, 0.3) is 10.9 Å². The van der Waals surface area contributed by atoms with Crippen LogP contribution < -0.4 is 10.5 Å². The molecule has 5 aromatic rings. The van der Waals surface area contributed by atoms with Crippen LogP contribution in [0.1, 0.15) is 28.8 Å². The van der Waals surface area contributed by atoms with Crippen molar-refractivity contribution in [1.82, 2.24) is 9.55 Å². The van der Waals surface area contributed by atoms with Gasteiger partial charge in [-0.25, -0.2) is 4.98 Å². The molecule has 8 heteroatoms. The lowest BCUT2D eigenvalue weighted by Crippen LogP contribution is -2.33. The van der Waals surface area contributed by atoms with E-state index >= 15 is 0 Å². The molecule has 6 rings (SSSR count). The van der Waals surface area contributed by atoms with Gasteiger partial charge in [0, 0.05) is 11.3 Å². The summed E-state index contributed by atoms with van der Waals surface area (Å²) in [6, 6.07) is 26.9. The summed E-state index contributed by atoms with van der Waals surface area (Å²) in [5, 5.41) is 10.3. The molecule has 188 valence electrons. The van der Waals surface area contributed by atoms with Gasteiger partial charge in [0.05, 0.1) is 38.5 Å². The van der Waals surface area contributed by atoms with Crippen molar-refractivity contribution in [3.8, 4) is 5.75 Å². The Labute approximate surface area is 228 Å². The maximum Gasteiger partial charge on any atom is 0.264 e. The monoisotopic (exact) mass is 541 g/mol. The Bertz CT molecular complexity index is 1730. The van der Waals surface area contributed by atoms with Gasteiger partial charge in [-0.15, -0.1) is 0 Å². The van der Waals surface area contributed by atoms with Crippen LogP contribution in [-0.4, -0.2) is 20.6 Å². The predicted molar refractivity (Wildman–Crippen MR) is 150 cm³/mol. The number of carbonyl (C=O) groups excluding carboxylic acids is 1. The Kier molecular flexibility index (Phi) is 5.94. The molecule has 1 N–H and O–H groups in total. The van der Waals surface area contributed by atoms with Gasteiger partial charge in [-0.3, -0.25) is 19.1 Å². The van der Waals surface area contributed by atoms with E-state index in [-0.39, 0.29) is 26.9 Å². The second kappa shape index (κ2) is 9.31. The summed E-state index contributed by atoms with van der Waals surface area (Å²) in [5.41, 5.74) is 1.91. The molecule has 0 aliphatic heterocycles. The number of anilines is 2. The Morgan fingerprint density at radius 3 is 2.16 bits per heavy atom. The third kappa shape index (κ3) is 3.93. The second-order valence-electron chi connectivity index (χ2n) is 9.25. The minimum absolute atomic E-state index is 0.0469. The first-order valence-electron chi connectivity index (χ1n) is 12.0. The zero-order valence-electron chi connectivity index (χ0n) is 20.0. The van der Waals surface area contributed by atoms with E-state index in [1.807, 2.05) is 48.5 Å². The van der Waals surface area contributed by atoms with E-state index in [0.29, 0.717) is 22.3 Å². The number of benzene rings is 4. The molecule has 1 amide bonds. The molecule has 1 aromatic heterocycles. The number of hydrogen-bond acceptors (Lipinski definition) is 4. The van der Waals surface area contributed by atoms with E-state index in [9.17, 15) is 14.7 Å². The van der Waals surface area contributed by atoms with Gasteiger partial charge in [-0.05, 0) is 54.8 Å². The minimum atomic E-state index is -0.466. The van der Waals surface area contributed by atoms with Crippen molar-refractivity contribution in [2.24, 2.45) is 0 Å². The van der Waals surface area contributed by atoms with Gasteiger partial charge in [0.25, 0.3) is 11.5 Å². The molecule has 0 saturated heterocycles. The molecule has 0 unspecified atom stereocenters. The lowest BCUT2D eigenvalue weighted by atomic mass is 10.0. The third-order valence-corrected chi connectivity index (χ3v) is 7.56. The summed E-state index contributed by atoms with van der Waals surface area (Å²) in [4.78, 5) is 34.3. The quantitative estimate of drug-likeness (QED) is 0.262. The lowest BCUT2D eigenvalue weighted by molar-refractivity contribution is 0.0999. The van der Waals surface area contributed by atoms with Crippen LogP contribution in [0.2, 0.25) is 10.0 Å². The summed E-state index contributed by atoms with van der Waals surface area (Å²) < 4.78 is 1.69. The number of halogens is 2. The molecule has 4 aromatic carbocycles. The number of aromatic nitrogens is 2. The number of hydrogen-bond donors (Lipinski definition) is 1. The maximum absolute atomic E-state index is 14.2. The first-order valence-corrected chi connectivity index (χ1v) is 12.8. The largest absolute Gasteiger partial charge is 0.505 e. The first kappa shape index (κ1) is 24.2. The highest BCUT2D eigenvalue weighted by Gasteiger charge is 2.47. The Hall–Kier alpha value is -4.13. The fraction of sp³-hybridized carbons (Fsp3) is 0.100. The van der Waals surface area contributed by atoms with E-state index in [4.69, 9.17) is 23.2 Å². The average molecular weight is 542 g/mol. The van der Waals surface area contributed by atoms with Crippen LogP contribution in [0.15, 0.2) is 102 Å². The number of amides is 1. The fourth-order valence-corrected chi connectivity index (χ4v) is 5.42. The first-order chi connectivity index (χ1) is 18.4. The maximum atomic E-state index is 14.2. The summed E-state index contributed by atoms with van der Waals surface area (Å²) >= 11 is 12.3. The fourth-order valence-electron chi connectivity index (χ4n) is 4.94. The van der Waals surface area contributed by atoms with E-state index in [0.717, 1.165) is 18.4 Å². The van der Waals surface area contributed by atoms with Crippen molar-refractivity contribution in [2.75, 3.05) is 4.90 Å². The molecule has 0 radical (unpaired) electrons. The van der Waals surface area contributed by atoms with Crippen molar-refractivity contribution in [3.63, 3.8) is 0 Å². The van der Waals surface area contributed by atoms with E-state index < -0.39 is 11.4 Å². The van der Waals surface area contributed by atoms with Gasteiger partial charge in [0.15, 0.2) is 5.75 Å². The number of nitrogens with zero attached hydrogens (tertiary/aromatic N) is 3. The minimum Gasteiger partial charge on any atom is -0.505 e. The molecule has 0 spiro atoms. The van der Waals surface area contributed by atoms with Crippen molar-refractivity contribution in [1.29, 1.82) is 0 Å². The van der Waals surface area contributed by atoms with Crippen LogP contribution in [-0.2, 0) is 5.54 Å². The molecule has 0 atom stereocenters. The molecular weight excluding hydrogens is 521 g/mol. The van der Waals surface area contributed by atoms with Gasteiger partial charge < -0.3 is 5.11 Å². The second-order valence-corrected chi connectivity index (χ2v) is 10.1. The highest BCUT2D eigenvalue weighted by Crippen LogP contribution is 2.48. The van der Waals surface area contributed by atoms with E-state index in [1.54, 1.807) is 41.2 Å². The van der Waals surface area contributed by atoms with Crippen LogP contribution in [0.5, 0.6) is 5.75 Å². The van der Waals surface area contributed by atoms with E-state index in [2.05, 4.69) is 4.98 Å². The number of carbonyl (C=O) groups is 1. The standard InChI is InChI=1S/C30H21Cl2N3O3/c31-22-16-19(17-23(32)27(22)36)28(37)35(21-10-5-2-6-11-21)25-13-7-12-24-26(25)29(38)34(18-33-24)30(14-15-30)20-8-3-1-4-9-20/h1-13,16-18,36H,14-15H2. The van der Waals surface area contributed by atoms with Crippen LogP contribution >= 0.6 is 23.2 Å². The molecule has 1 aliphatic carbocycles. The number of para-hydroxylation sites is 1. The summed E-state index contributed by atoms with van der Waals surface area (Å²) in [5.74, 6) is -0.768. The van der Waals surface area contributed by atoms with Crippen LogP contribution in [0.4, 0.5) is 11.4 Å². The molecule has 6 nitrogen and oxygen atoms in total. The van der Waals surface area contributed by atoms with Gasteiger partial charge in [-0.2, -0.15) is 0 Å².